The molecule has 0 fully saturated rings. The molecule has 2 aromatic carbocycles. The number of para-hydroxylation sites is 2. The van der Waals surface area contributed by atoms with Crippen molar-refractivity contribution in [3.05, 3.63) is 60.2 Å². The Morgan fingerprint density at radius 1 is 1.00 bits per heavy atom. The zero-order valence-electron chi connectivity index (χ0n) is 13.3. The normalized spacial score (nSPS) is 12.1. The average Bonchev–Trinajstić information content (AvgIpc) is 2.55. The Morgan fingerprint density at radius 2 is 1.68 bits per heavy atom. The van der Waals surface area contributed by atoms with Crippen LogP contribution in [0.4, 0.5) is 11.4 Å². The summed E-state index contributed by atoms with van der Waals surface area (Å²) in [5.74, 6) is 0.672. The maximum absolute atomic E-state index is 12.9. The molecule has 0 saturated heterocycles. The highest BCUT2D eigenvalue weighted by Crippen LogP contribution is 2.30. The Balaban J connectivity index is 2.23. The summed E-state index contributed by atoms with van der Waals surface area (Å²) in [5, 5.41) is 3.13. The molecular weight excluding hydrogens is 292 g/mol. The molecular formula is C18H24N2OS. The van der Waals surface area contributed by atoms with Gasteiger partial charge in [0, 0.05) is 5.75 Å². The Kier molecular flexibility index (Phi) is 6.62. The summed E-state index contributed by atoms with van der Waals surface area (Å²) < 4.78 is 14.8. The third kappa shape index (κ3) is 4.42. The highest BCUT2D eigenvalue weighted by atomic mass is 32.2. The van der Waals surface area contributed by atoms with Gasteiger partial charge in [-0.05, 0) is 57.1 Å². The predicted molar refractivity (Wildman–Crippen MR) is 95.9 cm³/mol. The summed E-state index contributed by atoms with van der Waals surface area (Å²) in [5.41, 5.74) is 3.12. The summed E-state index contributed by atoms with van der Waals surface area (Å²) >= 11 is 0. The molecule has 0 saturated carbocycles. The van der Waals surface area contributed by atoms with Crippen molar-refractivity contribution >= 4 is 22.4 Å². The number of hydrogen-bond donors (Lipinski definition) is 1. The van der Waals surface area contributed by atoms with Crippen LogP contribution in [0.25, 0.3) is 0 Å². The second kappa shape index (κ2) is 8.71. The fourth-order valence-electron chi connectivity index (χ4n) is 2.34. The Labute approximate surface area is 135 Å². The number of nitrogens with zero attached hydrogens (tertiary/aromatic N) is 1. The lowest BCUT2D eigenvalue weighted by molar-refractivity contribution is 0.671. The Bertz CT molecular complexity index is 601. The van der Waals surface area contributed by atoms with Crippen molar-refractivity contribution in [1.29, 1.82) is 0 Å². The van der Waals surface area contributed by atoms with Gasteiger partial charge in [-0.3, -0.25) is 4.31 Å². The van der Waals surface area contributed by atoms with Gasteiger partial charge in [0.2, 0.25) is 0 Å². The predicted octanol–water partition coefficient (Wildman–Crippen LogP) is 3.80. The minimum absolute atomic E-state index is 0.672. The minimum atomic E-state index is -1.07. The number of hydrogen-bond acceptors (Lipinski definition) is 2. The van der Waals surface area contributed by atoms with Crippen molar-refractivity contribution in [2.45, 2.75) is 19.8 Å². The molecule has 0 bridgehead atoms. The molecule has 22 heavy (non-hydrogen) atoms. The first-order chi connectivity index (χ1) is 10.7. The molecule has 1 N–H and O–H groups in total. The van der Waals surface area contributed by atoms with Gasteiger partial charge in [-0.2, -0.15) is 0 Å². The minimum Gasteiger partial charge on any atom is -0.320 e. The first-order valence-corrected chi connectivity index (χ1v) is 8.95. The van der Waals surface area contributed by atoms with Crippen molar-refractivity contribution in [1.82, 2.24) is 5.32 Å². The maximum Gasteiger partial charge on any atom is 0.124 e. The van der Waals surface area contributed by atoms with Crippen molar-refractivity contribution in [2.24, 2.45) is 0 Å². The molecule has 0 aliphatic carbocycles. The van der Waals surface area contributed by atoms with E-state index in [1.165, 1.54) is 0 Å². The lowest BCUT2D eigenvalue weighted by atomic mass is 10.2. The van der Waals surface area contributed by atoms with Crippen molar-refractivity contribution in [3.8, 4) is 0 Å². The SMILES string of the molecule is CNCCCCS(=O)N(c1ccccc1)c1ccccc1C. The third-order valence-corrected chi connectivity index (χ3v) is 4.98. The number of rotatable bonds is 8. The standard InChI is InChI=1S/C18H24N2OS/c1-16-10-6-7-13-18(16)20(17-11-4-3-5-12-17)22(21)15-9-8-14-19-2/h3-7,10-13,19H,8-9,14-15H2,1-2H3. The summed E-state index contributed by atoms with van der Waals surface area (Å²) in [6.45, 7) is 3.02. The van der Waals surface area contributed by atoms with Gasteiger partial charge in [-0.25, -0.2) is 4.21 Å². The fraction of sp³-hybridized carbons (Fsp3) is 0.333. The zero-order valence-corrected chi connectivity index (χ0v) is 14.1. The molecule has 0 spiro atoms. The van der Waals surface area contributed by atoms with Crippen molar-refractivity contribution in [3.63, 3.8) is 0 Å². The van der Waals surface area contributed by atoms with E-state index >= 15 is 0 Å². The quantitative estimate of drug-likeness (QED) is 0.751. The summed E-state index contributed by atoms with van der Waals surface area (Å²) in [7, 11) is 0.877. The van der Waals surface area contributed by atoms with Crippen LogP contribution in [0.5, 0.6) is 0 Å². The Morgan fingerprint density at radius 3 is 2.36 bits per heavy atom. The van der Waals surface area contributed by atoms with E-state index in [-0.39, 0.29) is 0 Å². The highest BCUT2D eigenvalue weighted by molar-refractivity contribution is 7.86. The molecule has 1 atom stereocenters. The molecule has 0 radical (unpaired) electrons. The van der Waals surface area contributed by atoms with Gasteiger partial charge in [0.1, 0.15) is 11.0 Å². The topological polar surface area (TPSA) is 32.3 Å². The molecule has 3 nitrogen and oxygen atoms in total. The van der Waals surface area contributed by atoms with Gasteiger partial charge < -0.3 is 5.32 Å². The van der Waals surface area contributed by atoms with Crippen LogP contribution >= 0.6 is 0 Å². The number of anilines is 2. The fourth-order valence-corrected chi connectivity index (χ4v) is 3.75. The van der Waals surface area contributed by atoms with Crippen LogP contribution in [-0.2, 0) is 11.0 Å². The van der Waals surface area contributed by atoms with E-state index in [1.54, 1.807) is 0 Å². The van der Waals surface area contributed by atoms with Gasteiger partial charge >= 0.3 is 0 Å². The monoisotopic (exact) mass is 316 g/mol. The van der Waals surface area contributed by atoms with Gasteiger partial charge in [0.15, 0.2) is 0 Å². The molecule has 2 rings (SSSR count). The first kappa shape index (κ1) is 16.7. The zero-order chi connectivity index (χ0) is 15.8. The van der Waals surface area contributed by atoms with E-state index in [1.807, 2.05) is 59.9 Å². The van der Waals surface area contributed by atoms with Gasteiger partial charge in [-0.1, -0.05) is 36.4 Å². The summed E-state index contributed by atoms with van der Waals surface area (Å²) in [4.78, 5) is 0. The average molecular weight is 316 g/mol. The van der Waals surface area contributed by atoms with Gasteiger partial charge in [0.05, 0.1) is 11.4 Å². The number of nitrogens with one attached hydrogen (secondary N) is 1. The smallest absolute Gasteiger partial charge is 0.124 e. The molecule has 0 aromatic heterocycles. The number of aryl methyl sites for hydroxylation is 1. The number of unbranched alkanes of at least 4 members (excludes halogenated alkanes) is 1. The summed E-state index contributed by atoms with van der Waals surface area (Å²) in [6, 6.07) is 18.1. The van der Waals surface area contributed by atoms with Crippen LogP contribution in [0.3, 0.4) is 0 Å². The van der Waals surface area contributed by atoms with Crippen LogP contribution in [0.15, 0.2) is 54.6 Å². The molecule has 118 valence electrons. The van der Waals surface area contributed by atoms with E-state index in [0.717, 1.165) is 36.3 Å². The van der Waals surface area contributed by atoms with E-state index in [0.29, 0.717) is 5.75 Å². The molecule has 1 unspecified atom stereocenters. The van der Waals surface area contributed by atoms with Crippen LogP contribution in [-0.4, -0.2) is 23.6 Å². The lowest BCUT2D eigenvalue weighted by Gasteiger charge is -2.25. The largest absolute Gasteiger partial charge is 0.320 e. The molecule has 0 amide bonds. The first-order valence-electron chi connectivity index (χ1n) is 7.68. The van der Waals surface area contributed by atoms with E-state index in [2.05, 4.69) is 18.3 Å². The third-order valence-electron chi connectivity index (χ3n) is 3.52. The molecule has 0 aliphatic heterocycles. The number of benzene rings is 2. The molecule has 2 aromatic rings. The van der Waals surface area contributed by atoms with E-state index < -0.39 is 11.0 Å². The van der Waals surface area contributed by atoms with Crippen LogP contribution in [0, 0.1) is 6.92 Å². The van der Waals surface area contributed by atoms with Crippen molar-refractivity contribution in [2.75, 3.05) is 23.7 Å². The van der Waals surface area contributed by atoms with Gasteiger partial charge in [-0.15, -0.1) is 0 Å². The Hall–Kier alpha value is -1.65. The second-order valence-corrected chi connectivity index (χ2v) is 6.67. The van der Waals surface area contributed by atoms with Crippen LogP contribution in [0.2, 0.25) is 0 Å². The van der Waals surface area contributed by atoms with E-state index in [9.17, 15) is 4.21 Å². The molecule has 4 heteroatoms. The lowest BCUT2D eigenvalue weighted by Crippen LogP contribution is -2.23. The summed E-state index contributed by atoms with van der Waals surface area (Å²) in [6.07, 6.45) is 1.99. The van der Waals surface area contributed by atoms with Crippen LogP contribution < -0.4 is 9.62 Å². The van der Waals surface area contributed by atoms with Crippen molar-refractivity contribution < 1.29 is 4.21 Å². The van der Waals surface area contributed by atoms with E-state index in [4.69, 9.17) is 0 Å². The second-order valence-electron chi connectivity index (χ2n) is 5.25. The molecule has 0 aliphatic rings. The van der Waals surface area contributed by atoms with Gasteiger partial charge in [0.25, 0.3) is 0 Å². The molecule has 0 heterocycles. The maximum atomic E-state index is 12.9. The van der Waals surface area contributed by atoms with Crippen LogP contribution in [0.1, 0.15) is 18.4 Å². The highest BCUT2D eigenvalue weighted by Gasteiger charge is 2.17.